The molecule has 0 aliphatic carbocycles. The summed E-state index contributed by atoms with van der Waals surface area (Å²) < 4.78 is 8.48. The van der Waals surface area contributed by atoms with Crippen molar-refractivity contribution < 1.29 is 46.0 Å². The molecule has 2 aromatic carbocycles. The monoisotopic (exact) mass is 339 g/mol. The van der Waals surface area contributed by atoms with Crippen LogP contribution in [0.1, 0.15) is 0 Å². The molecular weight excluding hydrogens is 330 g/mol. The van der Waals surface area contributed by atoms with Crippen molar-refractivity contribution in [3.8, 4) is 11.1 Å². The topological polar surface area (TPSA) is 91.7 Å². The van der Waals surface area contributed by atoms with Gasteiger partial charge in [-0.15, -0.1) is 0 Å². The number of rotatable bonds is 1. The standard InChI is InChI=1S/C12H10.HO3P.O.Zr/c1-3-7-11(8-4-1)12-9-5-2-6-10-12;1-4(2)3;;/h1-10H;(H,1,2,3);;/q;;-2;+4/p-1. The van der Waals surface area contributed by atoms with E-state index in [0.717, 1.165) is 0 Å². The molecule has 0 bridgehead atoms. The number of hydrogen-bond acceptors (Lipinski definition) is 3. The van der Waals surface area contributed by atoms with E-state index in [1.165, 1.54) is 11.1 Å². The Bertz CT molecular complexity index is 395. The van der Waals surface area contributed by atoms with Gasteiger partial charge in [-0.3, -0.25) is 0 Å². The minimum Gasteiger partial charge on any atom is -2.00 e. The summed E-state index contributed by atoms with van der Waals surface area (Å²) >= 11 is 0. The molecule has 2 rings (SSSR count). The van der Waals surface area contributed by atoms with Crippen molar-refractivity contribution in [3.63, 3.8) is 0 Å². The van der Waals surface area contributed by atoms with Crippen LogP contribution in [-0.2, 0) is 36.2 Å². The van der Waals surface area contributed by atoms with E-state index in [0.29, 0.717) is 0 Å². The van der Waals surface area contributed by atoms with Gasteiger partial charge in [0.2, 0.25) is 0 Å². The molecule has 4 nitrogen and oxygen atoms in total. The average molecular weight is 340 g/mol. The van der Waals surface area contributed by atoms with Gasteiger partial charge in [0, 0.05) is 0 Å². The Kier molecular flexibility index (Phi) is 12.4. The summed E-state index contributed by atoms with van der Waals surface area (Å²) in [7, 11) is -3.37. The molecule has 0 fully saturated rings. The molecule has 0 spiro atoms. The fraction of sp³-hybridized carbons (Fsp3) is 0. The molecule has 0 aromatic heterocycles. The third-order valence-corrected chi connectivity index (χ3v) is 1.88. The van der Waals surface area contributed by atoms with Crippen molar-refractivity contribution in [3.05, 3.63) is 60.7 Å². The molecule has 0 amide bonds. The molecule has 0 aliphatic rings. The SMILES string of the molecule is O=[P+]([O-])[O-].[O-2].[Zr+4].c1ccc(-c2ccccc2)cc1. The number of benzene rings is 2. The van der Waals surface area contributed by atoms with E-state index in [4.69, 9.17) is 14.4 Å². The second-order valence-corrected chi connectivity index (χ2v) is 3.40. The van der Waals surface area contributed by atoms with E-state index in [9.17, 15) is 0 Å². The first-order valence-electron chi connectivity index (χ1n) is 4.62. The first kappa shape index (κ1) is 19.6. The predicted molar refractivity (Wildman–Crippen MR) is 60.2 cm³/mol. The molecule has 0 atom stereocenters. The predicted octanol–water partition coefficient (Wildman–Crippen LogP) is 1.60. The Hall–Kier alpha value is -0.697. The van der Waals surface area contributed by atoms with Crippen LogP contribution in [0.3, 0.4) is 0 Å². The van der Waals surface area contributed by atoms with Crippen LogP contribution in [0.2, 0.25) is 0 Å². The van der Waals surface area contributed by atoms with Crippen LogP contribution in [0, 0.1) is 0 Å². The molecule has 18 heavy (non-hydrogen) atoms. The van der Waals surface area contributed by atoms with Crippen molar-refractivity contribution in [2.45, 2.75) is 0 Å². The first-order valence-corrected chi connectivity index (χ1v) is 5.71. The van der Waals surface area contributed by atoms with Gasteiger partial charge in [0.25, 0.3) is 8.25 Å². The molecule has 0 N–H and O–H groups in total. The summed E-state index contributed by atoms with van der Waals surface area (Å²) in [4.78, 5) is 17.0. The normalized spacial score (nSPS) is 7.89. The summed E-state index contributed by atoms with van der Waals surface area (Å²) in [6, 6.07) is 20.8. The Labute approximate surface area is 126 Å². The van der Waals surface area contributed by atoms with Crippen molar-refractivity contribution in [2.24, 2.45) is 0 Å². The van der Waals surface area contributed by atoms with E-state index in [1.807, 2.05) is 12.1 Å². The van der Waals surface area contributed by atoms with Crippen LogP contribution in [-0.4, -0.2) is 0 Å². The van der Waals surface area contributed by atoms with Gasteiger partial charge in [-0.2, -0.15) is 0 Å². The van der Waals surface area contributed by atoms with Crippen molar-refractivity contribution in [1.29, 1.82) is 0 Å². The molecule has 0 unspecified atom stereocenters. The summed E-state index contributed by atoms with van der Waals surface area (Å²) in [5.74, 6) is 0. The Morgan fingerprint density at radius 1 is 0.722 bits per heavy atom. The molecule has 6 heteroatoms. The summed E-state index contributed by atoms with van der Waals surface area (Å²) in [6.07, 6.45) is 0. The van der Waals surface area contributed by atoms with Crippen LogP contribution in [0.25, 0.3) is 11.1 Å². The Morgan fingerprint density at radius 3 is 1.17 bits per heavy atom. The van der Waals surface area contributed by atoms with Gasteiger partial charge in [-0.1, -0.05) is 65.2 Å². The summed E-state index contributed by atoms with van der Waals surface area (Å²) in [5.41, 5.74) is 2.55. The zero-order valence-electron chi connectivity index (χ0n) is 9.35. The molecule has 0 heterocycles. The quantitative estimate of drug-likeness (QED) is 0.738. The molecule has 0 radical (unpaired) electrons. The molecular formula is C12H10O4PZr+. The fourth-order valence-corrected chi connectivity index (χ4v) is 1.26. The zero-order valence-corrected chi connectivity index (χ0v) is 12.7. The third-order valence-electron chi connectivity index (χ3n) is 1.88. The maximum Gasteiger partial charge on any atom is 4.00 e. The average Bonchev–Trinajstić information content (AvgIpc) is 2.31. The first-order chi connectivity index (χ1) is 7.70. The summed E-state index contributed by atoms with van der Waals surface area (Å²) in [6.45, 7) is 0. The van der Waals surface area contributed by atoms with Crippen LogP contribution in [0.15, 0.2) is 60.7 Å². The van der Waals surface area contributed by atoms with Crippen LogP contribution in [0.4, 0.5) is 0 Å². The summed E-state index contributed by atoms with van der Waals surface area (Å²) in [5, 5.41) is 0. The van der Waals surface area contributed by atoms with Crippen LogP contribution >= 0.6 is 8.25 Å². The van der Waals surface area contributed by atoms with Gasteiger partial charge < -0.3 is 15.3 Å². The van der Waals surface area contributed by atoms with Gasteiger partial charge in [0.1, 0.15) is 0 Å². The smallest absolute Gasteiger partial charge is 2.00 e. The molecule has 0 saturated heterocycles. The van der Waals surface area contributed by atoms with E-state index < -0.39 is 8.25 Å². The molecule has 2 aromatic rings. The van der Waals surface area contributed by atoms with Gasteiger partial charge in [0.05, 0.1) is 0 Å². The zero-order chi connectivity index (χ0) is 11.8. The van der Waals surface area contributed by atoms with E-state index in [1.54, 1.807) is 0 Å². The van der Waals surface area contributed by atoms with E-state index >= 15 is 0 Å². The molecule has 90 valence electrons. The van der Waals surface area contributed by atoms with Crippen molar-refractivity contribution in [1.82, 2.24) is 0 Å². The molecule has 0 aliphatic heterocycles. The maximum atomic E-state index is 8.48. The third kappa shape index (κ3) is 8.40. The minimum absolute atomic E-state index is 0. The van der Waals surface area contributed by atoms with Gasteiger partial charge >= 0.3 is 26.2 Å². The fourth-order valence-electron chi connectivity index (χ4n) is 1.26. The van der Waals surface area contributed by atoms with E-state index in [-0.39, 0.29) is 31.7 Å². The van der Waals surface area contributed by atoms with Gasteiger partial charge in [-0.05, 0) is 11.1 Å². The largest absolute Gasteiger partial charge is 4.00 e. The second-order valence-electron chi connectivity index (χ2n) is 2.96. The number of hydrogen-bond donors (Lipinski definition) is 0. The Morgan fingerprint density at radius 2 is 0.944 bits per heavy atom. The minimum atomic E-state index is -3.37. The maximum absolute atomic E-state index is 8.48. The van der Waals surface area contributed by atoms with Gasteiger partial charge in [-0.25, -0.2) is 0 Å². The van der Waals surface area contributed by atoms with Crippen LogP contribution in [0.5, 0.6) is 0 Å². The van der Waals surface area contributed by atoms with Gasteiger partial charge in [0.15, 0.2) is 0 Å². The second kappa shape index (κ2) is 11.4. The van der Waals surface area contributed by atoms with Crippen molar-refractivity contribution >= 4 is 8.25 Å². The Balaban J connectivity index is 0. The molecule has 0 saturated carbocycles. The van der Waals surface area contributed by atoms with Crippen molar-refractivity contribution in [2.75, 3.05) is 0 Å². The van der Waals surface area contributed by atoms with E-state index in [2.05, 4.69) is 48.5 Å². The van der Waals surface area contributed by atoms with Crippen LogP contribution < -0.4 is 9.79 Å².